The largest absolute Gasteiger partial charge is 0.361 e. The lowest BCUT2D eigenvalue weighted by Crippen LogP contribution is -2.34. The van der Waals surface area contributed by atoms with Crippen LogP contribution in [0.3, 0.4) is 0 Å². The van der Waals surface area contributed by atoms with E-state index >= 15 is 0 Å². The zero-order chi connectivity index (χ0) is 11.5. The smallest absolute Gasteiger partial charge is 0.0383 e. The number of rotatable bonds is 2. The molecule has 1 aromatic rings. The number of aromatic nitrogens is 1. The van der Waals surface area contributed by atoms with E-state index < -0.39 is 0 Å². The van der Waals surface area contributed by atoms with E-state index in [1.54, 1.807) is 0 Å². The van der Waals surface area contributed by atoms with Gasteiger partial charge < -0.3 is 9.88 Å². The van der Waals surface area contributed by atoms with Crippen molar-refractivity contribution in [1.82, 2.24) is 9.88 Å². The highest BCUT2D eigenvalue weighted by molar-refractivity contribution is 5.40. The van der Waals surface area contributed by atoms with E-state index in [2.05, 4.69) is 42.4 Å². The van der Waals surface area contributed by atoms with Gasteiger partial charge in [-0.3, -0.25) is 0 Å². The molecule has 1 aromatic heterocycles. The van der Waals surface area contributed by atoms with Crippen molar-refractivity contribution in [2.24, 2.45) is 0 Å². The summed E-state index contributed by atoms with van der Waals surface area (Å²) in [5.74, 6) is 0.636. The summed E-state index contributed by atoms with van der Waals surface area (Å²) in [6.45, 7) is 10.2. The average molecular weight is 216 g/mol. The fourth-order valence-corrected chi connectivity index (χ4v) is 2.57. The topological polar surface area (TPSA) is 19.0 Å². The number of likely N-dealkylation sites (N-methyl/N-ethyl adjacent to an activating group) is 1. The molecular weight excluding hydrogens is 196 g/mol. The molecule has 16 heavy (non-hydrogen) atoms. The van der Waals surface area contributed by atoms with E-state index in [-0.39, 0.29) is 0 Å². The van der Waals surface area contributed by atoms with Crippen molar-refractivity contribution in [3.05, 3.63) is 35.0 Å². The number of allylic oxidation sites excluding steroid dienone is 1. The Morgan fingerprint density at radius 3 is 3.06 bits per heavy atom. The molecule has 86 valence electrons. The molecule has 2 heteroatoms. The Morgan fingerprint density at radius 1 is 1.56 bits per heavy atom. The monoisotopic (exact) mass is 216 g/mol. The third-order valence-electron chi connectivity index (χ3n) is 3.39. The molecule has 0 aliphatic carbocycles. The van der Waals surface area contributed by atoms with Gasteiger partial charge in [0.1, 0.15) is 0 Å². The predicted molar refractivity (Wildman–Crippen MR) is 69.7 cm³/mol. The zero-order valence-electron chi connectivity index (χ0n) is 10.00. The van der Waals surface area contributed by atoms with Gasteiger partial charge in [0.2, 0.25) is 0 Å². The van der Waals surface area contributed by atoms with Gasteiger partial charge in [0, 0.05) is 23.3 Å². The molecule has 2 nitrogen and oxygen atoms in total. The SMILES string of the molecule is C=C/C=c1/c(C2CCCN(C)C2)c[nH]c1=C. The number of aromatic amines is 1. The van der Waals surface area contributed by atoms with Crippen molar-refractivity contribution >= 4 is 12.7 Å². The Bertz CT molecular complexity index is 469. The Labute approximate surface area is 97.0 Å². The summed E-state index contributed by atoms with van der Waals surface area (Å²) in [4.78, 5) is 5.63. The van der Waals surface area contributed by atoms with Gasteiger partial charge in [0.15, 0.2) is 0 Å². The summed E-state index contributed by atoms with van der Waals surface area (Å²) in [6, 6.07) is 0. The first-order chi connectivity index (χ1) is 7.72. The van der Waals surface area contributed by atoms with Crippen molar-refractivity contribution in [1.29, 1.82) is 0 Å². The molecule has 1 N–H and O–H groups in total. The highest BCUT2D eigenvalue weighted by Crippen LogP contribution is 2.23. The Balaban J connectivity index is 2.36. The van der Waals surface area contributed by atoms with Crippen LogP contribution in [0.2, 0.25) is 0 Å². The maximum absolute atomic E-state index is 4.03. The quantitative estimate of drug-likeness (QED) is 0.787. The third kappa shape index (κ3) is 2.12. The van der Waals surface area contributed by atoms with Crippen molar-refractivity contribution < 1.29 is 0 Å². The van der Waals surface area contributed by atoms with Crippen LogP contribution in [0.4, 0.5) is 0 Å². The number of hydrogen-bond donors (Lipinski definition) is 1. The van der Waals surface area contributed by atoms with Gasteiger partial charge in [-0.25, -0.2) is 0 Å². The second-order valence-electron chi connectivity index (χ2n) is 4.64. The molecule has 1 aliphatic heterocycles. The van der Waals surface area contributed by atoms with Gasteiger partial charge in [-0.05, 0) is 37.9 Å². The second kappa shape index (κ2) is 4.71. The van der Waals surface area contributed by atoms with Gasteiger partial charge in [0.25, 0.3) is 0 Å². The summed E-state index contributed by atoms with van der Waals surface area (Å²) in [5, 5.41) is 2.23. The zero-order valence-corrected chi connectivity index (χ0v) is 10.00. The lowest BCUT2D eigenvalue weighted by Gasteiger charge is -2.29. The molecule has 0 spiro atoms. The third-order valence-corrected chi connectivity index (χ3v) is 3.39. The van der Waals surface area contributed by atoms with Gasteiger partial charge in [-0.15, -0.1) is 0 Å². The summed E-state index contributed by atoms with van der Waals surface area (Å²) in [5.41, 5.74) is 1.40. The fraction of sp³-hybridized carbons (Fsp3) is 0.429. The maximum atomic E-state index is 4.03. The van der Waals surface area contributed by atoms with E-state index in [1.165, 1.54) is 30.2 Å². The maximum Gasteiger partial charge on any atom is 0.0383 e. The van der Waals surface area contributed by atoms with Crippen LogP contribution < -0.4 is 10.6 Å². The molecule has 1 unspecified atom stereocenters. The van der Waals surface area contributed by atoms with Crippen LogP contribution >= 0.6 is 0 Å². The molecule has 1 fully saturated rings. The summed E-state index contributed by atoms with van der Waals surface area (Å²) in [7, 11) is 2.20. The summed E-state index contributed by atoms with van der Waals surface area (Å²) >= 11 is 0. The number of H-pyrrole nitrogens is 1. The summed E-state index contributed by atoms with van der Waals surface area (Å²) in [6.07, 6.45) is 8.57. The van der Waals surface area contributed by atoms with Gasteiger partial charge in [-0.2, -0.15) is 0 Å². The van der Waals surface area contributed by atoms with Crippen LogP contribution in [-0.2, 0) is 0 Å². The normalized spacial score (nSPS) is 23.6. The first-order valence-electron chi connectivity index (χ1n) is 5.90. The van der Waals surface area contributed by atoms with Crippen molar-refractivity contribution in [3.8, 4) is 0 Å². The van der Waals surface area contributed by atoms with E-state index in [0.29, 0.717) is 5.92 Å². The number of nitrogens with one attached hydrogen (secondary N) is 1. The van der Waals surface area contributed by atoms with E-state index in [0.717, 1.165) is 11.9 Å². The Kier molecular flexibility index (Phi) is 3.30. The van der Waals surface area contributed by atoms with Crippen LogP contribution in [-0.4, -0.2) is 30.0 Å². The van der Waals surface area contributed by atoms with Crippen molar-refractivity contribution in [2.45, 2.75) is 18.8 Å². The molecular formula is C14H20N2. The van der Waals surface area contributed by atoms with Crippen LogP contribution in [0.25, 0.3) is 12.7 Å². The molecule has 2 rings (SSSR count). The average Bonchev–Trinajstić information content (AvgIpc) is 2.61. The molecule has 0 saturated carbocycles. The van der Waals surface area contributed by atoms with Crippen LogP contribution in [0.15, 0.2) is 18.9 Å². The highest BCUT2D eigenvalue weighted by atomic mass is 15.1. The van der Waals surface area contributed by atoms with E-state index in [9.17, 15) is 0 Å². The van der Waals surface area contributed by atoms with Crippen LogP contribution in [0, 0.1) is 0 Å². The Morgan fingerprint density at radius 2 is 2.38 bits per heavy atom. The molecule has 1 aliphatic rings. The van der Waals surface area contributed by atoms with E-state index in [4.69, 9.17) is 0 Å². The molecule has 0 bridgehead atoms. The molecule has 1 atom stereocenters. The van der Waals surface area contributed by atoms with Gasteiger partial charge in [-0.1, -0.05) is 25.3 Å². The summed E-state index contributed by atoms with van der Waals surface area (Å²) < 4.78 is 0. The number of nitrogens with zero attached hydrogens (tertiary/aromatic N) is 1. The molecule has 0 radical (unpaired) electrons. The highest BCUT2D eigenvalue weighted by Gasteiger charge is 2.20. The lowest BCUT2D eigenvalue weighted by molar-refractivity contribution is 0.250. The van der Waals surface area contributed by atoms with Gasteiger partial charge in [0.05, 0.1) is 0 Å². The van der Waals surface area contributed by atoms with Crippen molar-refractivity contribution in [3.63, 3.8) is 0 Å². The van der Waals surface area contributed by atoms with Crippen LogP contribution in [0.1, 0.15) is 24.3 Å². The molecule has 0 amide bonds. The number of hydrogen-bond acceptors (Lipinski definition) is 1. The first-order valence-corrected chi connectivity index (χ1v) is 5.90. The lowest BCUT2D eigenvalue weighted by atomic mass is 9.91. The van der Waals surface area contributed by atoms with Crippen molar-refractivity contribution in [2.75, 3.05) is 20.1 Å². The standard InChI is InChI=1S/C14H20N2/c1-4-6-13-11(2)15-9-14(13)12-7-5-8-16(3)10-12/h4,6,9,12,15H,1-2,5,7-8,10H2,3H3/b13-6+. The molecule has 0 aromatic carbocycles. The Hall–Kier alpha value is -1.28. The fourth-order valence-electron chi connectivity index (χ4n) is 2.57. The minimum atomic E-state index is 0.636. The molecule has 1 saturated heterocycles. The van der Waals surface area contributed by atoms with Gasteiger partial charge >= 0.3 is 0 Å². The number of likely N-dealkylation sites (tertiary alicyclic amines) is 1. The minimum absolute atomic E-state index is 0.636. The van der Waals surface area contributed by atoms with E-state index in [1.807, 2.05) is 6.08 Å². The second-order valence-corrected chi connectivity index (χ2v) is 4.64. The first kappa shape index (κ1) is 11.2. The minimum Gasteiger partial charge on any atom is -0.361 e. The van der Waals surface area contributed by atoms with Crippen LogP contribution in [0.5, 0.6) is 0 Å². The molecule has 2 heterocycles. The number of piperidine rings is 1. The predicted octanol–water partition coefficient (Wildman–Crippen LogP) is 1.20.